The number of carbonyl (C=O) groups excluding carboxylic acids is 1. The maximum Gasteiger partial charge on any atom is 0.163 e. The molecule has 0 amide bonds. The number of ether oxygens (including phenoxy) is 2. The minimum absolute atomic E-state index is 0.0464. The molecule has 92 valence electrons. The number of Topliss-reactive ketones (excluding diaryl/α,β-unsaturated/α-hetero) is 1. The van der Waals surface area contributed by atoms with Crippen LogP contribution in [0.5, 0.6) is 5.75 Å². The molecule has 0 radical (unpaired) electrons. The Kier molecular flexibility index (Phi) is 4.02. The van der Waals surface area contributed by atoms with Crippen LogP contribution < -0.4 is 4.74 Å². The minimum atomic E-state index is -0.0464. The molecular weight excluding hydrogens is 240 g/mol. The van der Waals surface area contributed by atoms with Crippen molar-refractivity contribution in [3.63, 3.8) is 0 Å². The van der Waals surface area contributed by atoms with Crippen LogP contribution in [-0.4, -0.2) is 25.1 Å². The average molecular weight is 255 g/mol. The van der Waals surface area contributed by atoms with Crippen LogP contribution in [0.1, 0.15) is 30.1 Å². The van der Waals surface area contributed by atoms with Gasteiger partial charge in [-0.25, -0.2) is 0 Å². The summed E-state index contributed by atoms with van der Waals surface area (Å²) in [4.78, 5) is 11.4. The number of halogens is 1. The predicted octanol–water partition coefficient (Wildman–Crippen LogP) is 3.10. The fourth-order valence-corrected chi connectivity index (χ4v) is 2.03. The monoisotopic (exact) mass is 254 g/mol. The Morgan fingerprint density at radius 3 is 3.06 bits per heavy atom. The topological polar surface area (TPSA) is 35.5 Å². The van der Waals surface area contributed by atoms with Gasteiger partial charge in [-0.1, -0.05) is 11.6 Å². The fraction of sp³-hybridized carbons (Fsp3) is 0.462. The first kappa shape index (κ1) is 12.4. The predicted molar refractivity (Wildman–Crippen MR) is 65.9 cm³/mol. The summed E-state index contributed by atoms with van der Waals surface area (Å²) in [6, 6.07) is 5.08. The zero-order valence-electron chi connectivity index (χ0n) is 9.74. The quantitative estimate of drug-likeness (QED) is 0.775. The summed E-state index contributed by atoms with van der Waals surface area (Å²) in [6.45, 7) is 2.79. The second-order valence-electron chi connectivity index (χ2n) is 4.14. The first-order valence-corrected chi connectivity index (χ1v) is 6.09. The number of ketones is 1. The van der Waals surface area contributed by atoms with E-state index in [0.717, 1.165) is 19.4 Å². The smallest absolute Gasteiger partial charge is 0.163 e. The van der Waals surface area contributed by atoms with Gasteiger partial charge in [0.2, 0.25) is 0 Å². The van der Waals surface area contributed by atoms with Crippen molar-refractivity contribution in [2.45, 2.75) is 25.9 Å². The van der Waals surface area contributed by atoms with Crippen molar-refractivity contribution in [3.05, 3.63) is 28.8 Å². The lowest BCUT2D eigenvalue weighted by Crippen LogP contribution is -2.17. The molecule has 0 spiro atoms. The largest absolute Gasteiger partial charge is 0.490 e. The second kappa shape index (κ2) is 5.52. The number of hydrogen-bond acceptors (Lipinski definition) is 3. The highest BCUT2D eigenvalue weighted by Gasteiger charge is 2.17. The van der Waals surface area contributed by atoms with Crippen LogP contribution in [0.25, 0.3) is 0 Å². The van der Waals surface area contributed by atoms with Crippen LogP contribution in [0, 0.1) is 0 Å². The van der Waals surface area contributed by atoms with Crippen molar-refractivity contribution in [1.82, 2.24) is 0 Å². The standard InChI is InChI=1S/C13H15ClO3/c1-9(15)12-7-10(14)4-5-13(12)17-8-11-3-2-6-16-11/h4-5,7,11H,2-3,6,8H2,1H3. The number of benzene rings is 1. The molecule has 0 saturated carbocycles. The molecule has 0 N–H and O–H groups in total. The van der Waals surface area contributed by atoms with E-state index >= 15 is 0 Å². The van der Waals surface area contributed by atoms with Crippen LogP contribution in [0.3, 0.4) is 0 Å². The van der Waals surface area contributed by atoms with Gasteiger partial charge >= 0.3 is 0 Å². The van der Waals surface area contributed by atoms with Crippen LogP contribution in [0.4, 0.5) is 0 Å². The SMILES string of the molecule is CC(=O)c1cc(Cl)ccc1OCC1CCCO1. The molecule has 2 rings (SSSR count). The van der Waals surface area contributed by atoms with Crippen molar-refractivity contribution in [3.8, 4) is 5.75 Å². The van der Waals surface area contributed by atoms with Gasteiger partial charge in [-0.05, 0) is 38.0 Å². The molecule has 1 heterocycles. The summed E-state index contributed by atoms with van der Waals surface area (Å²) in [5, 5.41) is 0.541. The normalized spacial score (nSPS) is 19.3. The number of carbonyl (C=O) groups is 1. The maximum atomic E-state index is 11.4. The second-order valence-corrected chi connectivity index (χ2v) is 4.58. The Hall–Kier alpha value is -1.06. The van der Waals surface area contributed by atoms with Crippen molar-refractivity contribution in [1.29, 1.82) is 0 Å². The Morgan fingerprint density at radius 2 is 2.41 bits per heavy atom. The lowest BCUT2D eigenvalue weighted by atomic mass is 10.1. The van der Waals surface area contributed by atoms with E-state index < -0.39 is 0 Å². The zero-order chi connectivity index (χ0) is 12.3. The van der Waals surface area contributed by atoms with E-state index in [1.807, 2.05) is 0 Å². The summed E-state index contributed by atoms with van der Waals surface area (Å²) < 4.78 is 11.1. The third-order valence-electron chi connectivity index (χ3n) is 2.77. The highest BCUT2D eigenvalue weighted by molar-refractivity contribution is 6.31. The minimum Gasteiger partial charge on any atom is -0.490 e. The van der Waals surface area contributed by atoms with Gasteiger partial charge in [-0.3, -0.25) is 4.79 Å². The Bertz CT molecular complexity index is 411. The number of rotatable bonds is 4. The van der Waals surface area contributed by atoms with E-state index in [1.165, 1.54) is 6.92 Å². The van der Waals surface area contributed by atoms with Crippen LogP contribution in [0.15, 0.2) is 18.2 Å². The molecule has 1 aromatic rings. The highest BCUT2D eigenvalue weighted by atomic mass is 35.5. The highest BCUT2D eigenvalue weighted by Crippen LogP contribution is 2.24. The van der Waals surface area contributed by atoms with Gasteiger partial charge in [0.15, 0.2) is 5.78 Å². The van der Waals surface area contributed by atoms with Crippen LogP contribution >= 0.6 is 11.6 Å². The molecular formula is C13H15ClO3. The zero-order valence-corrected chi connectivity index (χ0v) is 10.5. The van der Waals surface area contributed by atoms with Crippen molar-refractivity contribution < 1.29 is 14.3 Å². The van der Waals surface area contributed by atoms with Gasteiger partial charge < -0.3 is 9.47 Å². The molecule has 1 unspecified atom stereocenters. The third kappa shape index (κ3) is 3.20. The van der Waals surface area contributed by atoms with E-state index in [4.69, 9.17) is 21.1 Å². The van der Waals surface area contributed by atoms with E-state index in [1.54, 1.807) is 18.2 Å². The number of hydrogen-bond donors (Lipinski definition) is 0. The fourth-order valence-electron chi connectivity index (χ4n) is 1.86. The summed E-state index contributed by atoms with van der Waals surface area (Å²) >= 11 is 5.86. The first-order valence-electron chi connectivity index (χ1n) is 5.71. The van der Waals surface area contributed by atoms with Crippen LogP contribution in [0.2, 0.25) is 5.02 Å². The molecule has 0 aromatic heterocycles. The molecule has 4 heteroatoms. The molecule has 1 aliphatic rings. The molecule has 1 aliphatic heterocycles. The van der Waals surface area contributed by atoms with Gasteiger partial charge in [-0.15, -0.1) is 0 Å². The third-order valence-corrected chi connectivity index (χ3v) is 3.00. The van der Waals surface area contributed by atoms with Gasteiger partial charge in [0.25, 0.3) is 0 Å². The lowest BCUT2D eigenvalue weighted by molar-refractivity contribution is 0.0672. The molecule has 3 nitrogen and oxygen atoms in total. The van der Waals surface area contributed by atoms with Crippen molar-refractivity contribution in [2.24, 2.45) is 0 Å². The molecule has 17 heavy (non-hydrogen) atoms. The Balaban J connectivity index is 2.06. The van der Waals surface area contributed by atoms with E-state index in [-0.39, 0.29) is 11.9 Å². The average Bonchev–Trinajstić information content (AvgIpc) is 2.80. The molecule has 1 aromatic carbocycles. The van der Waals surface area contributed by atoms with Crippen LogP contribution in [-0.2, 0) is 4.74 Å². The molecule has 1 fully saturated rings. The maximum absolute atomic E-state index is 11.4. The van der Waals surface area contributed by atoms with E-state index in [2.05, 4.69) is 0 Å². The summed E-state index contributed by atoms with van der Waals surface area (Å²) in [7, 11) is 0. The molecule has 1 saturated heterocycles. The van der Waals surface area contributed by atoms with Crippen molar-refractivity contribution in [2.75, 3.05) is 13.2 Å². The Morgan fingerprint density at radius 1 is 1.59 bits per heavy atom. The molecule has 1 atom stereocenters. The van der Waals surface area contributed by atoms with E-state index in [0.29, 0.717) is 22.9 Å². The first-order chi connectivity index (χ1) is 8.16. The van der Waals surface area contributed by atoms with Gasteiger partial charge in [0, 0.05) is 11.6 Å². The molecule has 0 bridgehead atoms. The summed E-state index contributed by atoms with van der Waals surface area (Å²) in [5.74, 6) is 0.534. The van der Waals surface area contributed by atoms with E-state index in [9.17, 15) is 4.79 Å². The van der Waals surface area contributed by atoms with Crippen molar-refractivity contribution >= 4 is 17.4 Å². The lowest BCUT2D eigenvalue weighted by Gasteiger charge is -2.13. The summed E-state index contributed by atoms with van der Waals surface area (Å²) in [5.41, 5.74) is 0.524. The van der Waals surface area contributed by atoms with Gasteiger partial charge in [0.1, 0.15) is 12.4 Å². The Labute approximate surface area is 106 Å². The van der Waals surface area contributed by atoms with Gasteiger partial charge in [-0.2, -0.15) is 0 Å². The molecule has 0 aliphatic carbocycles. The summed E-state index contributed by atoms with van der Waals surface area (Å²) in [6.07, 6.45) is 2.24. The van der Waals surface area contributed by atoms with Gasteiger partial charge in [0.05, 0.1) is 11.7 Å².